The molecular formula is C17H21IO3. The molecule has 0 spiro atoms. The van der Waals surface area contributed by atoms with E-state index in [0.717, 1.165) is 16.4 Å². The molecular weight excluding hydrogens is 379 g/mol. The van der Waals surface area contributed by atoms with Gasteiger partial charge in [0, 0.05) is 5.41 Å². The molecule has 3 atom stereocenters. The van der Waals surface area contributed by atoms with Gasteiger partial charge < -0.3 is 9.84 Å². The summed E-state index contributed by atoms with van der Waals surface area (Å²) in [5.41, 5.74) is 0.724. The fourth-order valence-electron chi connectivity index (χ4n) is 4.15. The van der Waals surface area contributed by atoms with E-state index in [1.165, 1.54) is 12.5 Å². The lowest BCUT2D eigenvalue weighted by Gasteiger charge is -2.38. The molecule has 1 aromatic rings. The molecule has 1 aromatic carbocycles. The number of aromatic hydroxyl groups is 1. The average molecular weight is 400 g/mol. The van der Waals surface area contributed by atoms with Gasteiger partial charge in [-0.2, -0.15) is 0 Å². The largest absolute Gasteiger partial charge is 0.507 e. The van der Waals surface area contributed by atoms with E-state index < -0.39 is 0 Å². The van der Waals surface area contributed by atoms with E-state index in [1.54, 1.807) is 12.1 Å². The zero-order chi connectivity index (χ0) is 15.4. The molecule has 2 bridgehead atoms. The highest BCUT2D eigenvalue weighted by Gasteiger charge is 2.62. The number of ether oxygens (including phenoxy) is 1. The third-order valence-electron chi connectivity index (χ3n) is 6.15. The second-order valence-electron chi connectivity index (χ2n) is 7.17. The van der Waals surface area contributed by atoms with Crippen LogP contribution >= 0.6 is 22.6 Å². The molecule has 2 aliphatic carbocycles. The van der Waals surface area contributed by atoms with E-state index in [1.807, 2.05) is 22.6 Å². The highest BCUT2D eigenvalue weighted by Crippen LogP contribution is 2.66. The van der Waals surface area contributed by atoms with Crippen molar-refractivity contribution in [2.75, 3.05) is 0 Å². The van der Waals surface area contributed by atoms with Gasteiger partial charge in [0.2, 0.25) is 0 Å². The number of rotatable bonds is 2. The van der Waals surface area contributed by atoms with Gasteiger partial charge in [0.15, 0.2) is 0 Å². The molecule has 4 heteroatoms. The minimum Gasteiger partial charge on any atom is -0.507 e. The summed E-state index contributed by atoms with van der Waals surface area (Å²) in [5, 5.41) is 9.73. The first-order chi connectivity index (χ1) is 9.75. The van der Waals surface area contributed by atoms with E-state index in [4.69, 9.17) is 4.74 Å². The zero-order valence-corrected chi connectivity index (χ0v) is 14.8. The topological polar surface area (TPSA) is 46.5 Å². The number of phenolic OH excluding ortho intramolecular Hbond substituents is 1. The Labute approximate surface area is 139 Å². The van der Waals surface area contributed by atoms with Crippen molar-refractivity contribution in [1.82, 2.24) is 0 Å². The SMILES string of the molecule is CC1(C)C2CCC1(C)C(OC(=O)c1ccc(I)c(O)c1)C2. The first-order valence-electron chi connectivity index (χ1n) is 7.45. The van der Waals surface area contributed by atoms with Crippen LogP contribution in [0.3, 0.4) is 0 Å². The van der Waals surface area contributed by atoms with Crippen molar-refractivity contribution in [3.63, 3.8) is 0 Å². The van der Waals surface area contributed by atoms with Crippen LogP contribution in [0.5, 0.6) is 5.75 Å². The molecule has 0 aromatic heterocycles. The fraction of sp³-hybridized carbons (Fsp3) is 0.588. The van der Waals surface area contributed by atoms with Gasteiger partial charge in [-0.15, -0.1) is 0 Å². The maximum absolute atomic E-state index is 12.4. The molecule has 21 heavy (non-hydrogen) atoms. The summed E-state index contributed by atoms with van der Waals surface area (Å²) < 4.78 is 6.55. The molecule has 2 saturated carbocycles. The van der Waals surface area contributed by atoms with E-state index in [0.29, 0.717) is 11.5 Å². The molecule has 1 N–H and O–H groups in total. The number of carbonyl (C=O) groups is 1. The smallest absolute Gasteiger partial charge is 0.338 e. The fourth-order valence-corrected chi connectivity index (χ4v) is 4.48. The van der Waals surface area contributed by atoms with Crippen molar-refractivity contribution in [1.29, 1.82) is 0 Å². The number of phenols is 1. The lowest BCUT2D eigenvalue weighted by atomic mass is 9.70. The summed E-state index contributed by atoms with van der Waals surface area (Å²) in [4.78, 5) is 12.4. The summed E-state index contributed by atoms with van der Waals surface area (Å²) in [5.74, 6) is 0.450. The summed E-state index contributed by atoms with van der Waals surface area (Å²) in [6, 6.07) is 4.94. The maximum Gasteiger partial charge on any atom is 0.338 e. The first kappa shape index (κ1) is 15.1. The third-order valence-corrected chi connectivity index (χ3v) is 7.06. The monoisotopic (exact) mass is 400 g/mol. The minimum absolute atomic E-state index is 0.0137. The van der Waals surface area contributed by atoms with Gasteiger partial charge in [-0.25, -0.2) is 4.79 Å². The Balaban J connectivity index is 1.79. The van der Waals surface area contributed by atoms with Gasteiger partial charge in [0.25, 0.3) is 0 Å². The Kier molecular flexibility index (Phi) is 3.50. The quantitative estimate of drug-likeness (QED) is 0.593. The molecule has 0 aliphatic heterocycles. The molecule has 2 aliphatic rings. The highest BCUT2D eigenvalue weighted by molar-refractivity contribution is 14.1. The third kappa shape index (κ3) is 2.17. The predicted octanol–water partition coefficient (Wildman–Crippen LogP) is 4.37. The number of esters is 1. The Bertz CT molecular complexity index is 596. The maximum atomic E-state index is 12.4. The lowest BCUT2D eigenvalue weighted by molar-refractivity contribution is -0.0242. The van der Waals surface area contributed by atoms with Crippen molar-refractivity contribution < 1.29 is 14.6 Å². The van der Waals surface area contributed by atoms with E-state index in [9.17, 15) is 9.90 Å². The van der Waals surface area contributed by atoms with Crippen molar-refractivity contribution >= 4 is 28.6 Å². The van der Waals surface area contributed by atoms with Crippen LogP contribution in [-0.4, -0.2) is 17.2 Å². The molecule has 3 unspecified atom stereocenters. The predicted molar refractivity (Wildman–Crippen MR) is 89.3 cm³/mol. The molecule has 0 radical (unpaired) electrons. The van der Waals surface area contributed by atoms with Gasteiger partial charge in [-0.1, -0.05) is 20.8 Å². The number of hydrogen-bond donors (Lipinski definition) is 1. The summed E-state index contributed by atoms with van der Waals surface area (Å²) in [6.07, 6.45) is 3.31. The molecule has 0 amide bonds. The Morgan fingerprint density at radius 2 is 2.10 bits per heavy atom. The Hall–Kier alpha value is -0.780. The van der Waals surface area contributed by atoms with Gasteiger partial charge in [0.1, 0.15) is 11.9 Å². The number of benzene rings is 1. The molecule has 114 valence electrons. The van der Waals surface area contributed by atoms with Crippen LogP contribution in [0.25, 0.3) is 0 Å². The van der Waals surface area contributed by atoms with Crippen molar-refractivity contribution in [3.05, 3.63) is 27.3 Å². The summed E-state index contributed by atoms with van der Waals surface area (Å²) >= 11 is 2.03. The van der Waals surface area contributed by atoms with Gasteiger partial charge in [-0.05, 0) is 71.4 Å². The van der Waals surface area contributed by atoms with Crippen LogP contribution < -0.4 is 0 Å². The van der Waals surface area contributed by atoms with Gasteiger partial charge in [0.05, 0.1) is 9.13 Å². The Morgan fingerprint density at radius 1 is 1.38 bits per heavy atom. The van der Waals surface area contributed by atoms with Crippen LogP contribution in [0.15, 0.2) is 18.2 Å². The molecule has 3 nitrogen and oxygen atoms in total. The van der Waals surface area contributed by atoms with Gasteiger partial charge >= 0.3 is 5.97 Å². The Morgan fingerprint density at radius 3 is 2.62 bits per heavy atom. The molecule has 0 saturated heterocycles. The number of fused-ring (bicyclic) bond motifs is 2. The second kappa shape index (κ2) is 4.86. The number of carbonyl (C=O) groups excluding carboxylic acids is 1. The zero-order valence-electron chi connectivity index (χ0n) is 12.6. The van der Waals surface area contributed by atoms with Crippen molar-refractivity contribution in [2.24, 2.45) is 16.7 Å². The van der Waals surface area contributed by atoms with Gasteiger partial charge in [-0.3, -0.25) is 0 Å². The van der Waals surface area contributed by atoms with Crippen LogP contribution in [0.2, 0.25) is 0 Å². The summed E-state index contributed by atoms with van der Waals surface area (Å²) in [7, 11) is 0. The average Bonchev–Trinajstić information content (AvgIpc) is 2.75. The van der Waals surface area contributed by atoms with E-state index in [2.05, 4.69) is 20.8 Å². The molecule has 2 fully saturated rings. The van der Waals surface area contributed by atoms with E-state index in [-0.39, 0.29) is 28.7 Å². The minimum atomic E-state index is -0.323. The standard InChI is InChI=1S/C17H21IO3/c1-16(2)11-6-7-17(16,3)14(9-11)21-15(20)10-4-5-12(18)13(19)8-10/h4-5,8,11,14,19H,6-7,9H2,1-3H3. The van der Waals surface area contributed by atoms with Crippen molar-refractivity contribution in [3.8, 4) is 5.75 Å². The van der Waals surface area contributed by atoms with Crippen LogP contribution in [0, 0.1) is 20.3 Å². The molecule has 3 rings (SSSR count). The van der Waals surface area contributed by atoms with Crippen molar-refractivity contribution in [2.45, 2.75) is 46.1 Å². The number of hydrogen-bond acceptors (Lipinski definition) is 3. The second-order valence-corrected chi connectivity index (χ2v) is 8.33. The first-order valence-corrected chi connectivity index (χ1v) is 8.53. The van der Waals surface area contributed by atoms with Crippen LogP contribution in [-0.2, 0) is 4.74 Å². The highest BCUT2D eigenvalue weighted by atomic mass is 127. The molecule has 0 heterocycles. The van der Waals surface area contributed by atoms with E-state index >= 15 is 0 Å². The normalized spacial score (nSPS) is 33.1. The van der Waals surface area contributed by atoms with Crippen LogP contribution in [0.4, 0.5) is 0 Å². The van der Waals surface area contributed by atoms with Crippen LogP contribution in [0.1, 0.15) is 50.4 Å². The summed E-state index contributed by atoms with van der Waals surface area (Å²) in [6.45, 7) is 6.85. The number of halogens is 1. The lowest BCUT2D eigenvalue weighted by Crippen LogP contribution is -2.38.